The Morgan fingerprint density at radius 1 is 1.38 bits per heavy atom. The molecule has 0 radical (unpaired) electrons. The van der Waals surface area contributed by atoms with Gasteiger partial charge in [0.1, 0.15) is 5.56 Å². The molecular weight excluding hydrogens is 356 g/mol. The molecule has 1 aromatic carbocycles. The van der Waals surface area contributed by atoms with E-state index in [1.165, 1.54) is 7.11 Å². The van der Waals surface area contributed by atoms with E-state index in [9.17, 15) is 14.7 Å². The Hall–Kier alpha value is -3.20. The lowest BCUT2D eigenvalue weighted by atomic mass is 10.1. The molecule has 0 saturated heterocycles. The Morgan fingerprint density at radius 2 is 2.15 bits per heavy atom. The first-order chi connectivity index (χ1) is 12.5. The third-order valence-corrected chi connectivity index (χ3v) is 4.11. The zero-order chi connectivity index (χ0) is 18.7. The maximum atomic E-state index is 12.1. The van der Waals surface area contributed by atoms with Crippen molar-refractivity contribution in [1.82, 2.24) is 15.0 Å². The maximum absolute atomic E-state index is 12.1. The number of fused-ring (bicyclic) bond motifs is 1. The fraction of sp³-hybridized carbons (Fsp3) is 0.176. The largest absolute Gasteiger partial charge is 0.494 e. The summed E-state index contributed by atoms with van der Waals surface area (Å²) in [7, 11) is 1.27. The molecule has 9 heteroatoms. The van der Waals surface area contributed by atoms with E-state index in [1.807, 2.05) is 24.3 Å². The Kier molecular flexibility index (Phi) is 4.99. The van der Waals surface area contributed by atoms with Crippen molar-refractivity contribution in [2.24, 2.45) is 4.99 Å². The molecule has 1 unspecified atom stereocenters. The van der Waals surface area contributed by atoms with Gasteiger partial charge in [-0.2, -0.15) is 0 Å². The Labute approximate surface area is 152 Å². The fourth-order valence-electron chi connectivity index (χ4n) is 2.61. The van der Waals surface area contributed by atoms with Gasteiger partial charge in [-0.05, 0) is 23.8 Å². The summed E-state index contributed by atoms with van der Waals surface area (Å²) in [5.74, 6) is -0.968. The number of carbonyl (C=O) groups excluding carboxylic acids is 1. The van der Waals surface area contributed by atoms with Crippen molar-refractivity contribution in [2.45, 2.75) is 12.5 Å². The highest BCUT2D eigenvalue weighted by Gasteiger charge is 2.20. The van der Waals surface area contributed by atoms with E-state index in [0.29, 0.717) is 0 Å². The van der Waals surface area contributed by atoms with Gasteiger partial charge in [0.05, 0.1) is 7.11 Å². The van der Waals surface area contributed by atoms with Gasteiger partial charge in [0, 0.05) is 29.7 Å². The molecule has 1 atom stereocenters. The summed E-state index contributed by atoms with van der Waals surface area (Å²) in [4.78, 5) is 36.0. The number of hydrogen-bond donors (Lipinski definition) is 4. The molecule has 0 bridgehead atoms. The molecule has 0 amide bonds. The Balaban J connectivity index is 1.93. The summed E-state index contributed by atoms with van der Waals surface area (Å²) >= 11 is 4.77. The third-order valence-electron chi connectivity index (χ3n) is 3.90. The van der Waals surface area contributed by atoms with Gasteiger partial charge in [0.15, 0.2) is 10.8 Å². The highest BCUT2D eigenvalue weighted by Crippen LogP contribution is 2.20. The lowest BCUT2D eigenvalue weighted by Gasteiger charge is -2.09. The molecule has 0 spiro atoms. The van der Waals surface area contributed by atoms with Crippen molar-refractivity contribution >= 4 is 35.3 Å². The van der Waals surface area contributed by atoms with Crippen molar-refractivity contribution in [3.8, 4) is 5.88 Å². The average Bonchev–Trinajstić information content (AvgIpc) is 3.02. The number of hydrogen-bond acceptors (Lipinski definition) is 6. The van der Waals surface area contributed by atoms with E-state index in [4.69, 9.17) is 17.0 Å². The topological polar surface area (TPSA) is 123 Å². The van der Waals surface area contributed by atoms with Crippen LogP contribution in [-0.4, -0.2) is 45.4 Å². The van der Waals surface area contributed by atoms with Crippen LogP contribution in [0, 0.1) is 4.77 Å². The molecule has 2 heterocycles. The number of ether oxygens (including phenoxy) is 1. The first kappa shape index (κ1) is 17.6. The predicted octanol–water partition coefficient (Wildman–Crippen LogP) is 1.82. The zero-order valence-electron chi connectivity index (χ0n) is 13.8. The lowest BCUT2D eigenvalue weighted by molar-refractivity contribution is -0.142. The minimum atomic E-state index is -0.874. The van der Waals surface area contributed by atoms with Crippen LogP contribution >= 0.6 is 12.2 Å². The van der Waals surface area contributed by atoms with Crippen LogP contribution in [-0.2, 0) is 16.0 Å². The predicted molar refractivity (Wildman–Crippen MR) is 99.3 cm³/mol. The molecule has 0 aliphatic rings. The van der Waals surface area contributed by atoms with Gasteiger partial charge in [0.2, 0.25) is 5.88 Å². The number of aromatic nitrogens is 3. The van der Waals surface area contributed by atoms with E-state index in [1.54, 1.807) is 6.20 Å². The molecule has 4 N–H and O–H groups in total. The molecule has 134 valence electrons. The summed E-state index contributed by atoms with van der Waals surface area (Å²) in [5, 5.41) is 10.8. The van der Waals surface area contributed by atoms with Gasteiger partial charge in [0.25, 0.3) is 5.56 Å². The van der Waals surface area contributed by atoms with E-state index in [2.05, 4.69) is 19.9 Å². The van der Waals surface area contributed by atoms with E-state index >= 15 is 0 Å². The summed E-state index contributed by atoms with van der Waals surface area (Å²) < 4.78 is 4.80. The lowest BCUT2D eigenvalue weighted by Crippen LogP contribution is -2.24. The Morgan fingerprint density at radius 3 is 2.88 bits per heavy atom. The first-order valence-corrected chi connectivity index (χ1v) is 8.12. The molecule has 3 rings (SSSR count). The quantitative estimate of drug-likeness (QED) is 0.309. The normalized spacial score (nSPS) is 12.5. The van der Waals surface area contributed by atoms with Crippen LogP contribution in [0.4, 0.5) is 0 Å². The minimum absolute atomic E-state index is 0.00652. The number of nitrogens with one attached hydrogen (secondary N) is 3. The number of H-pyrrole nitrogens is 3. The van der Waals surface area contributed by atoms with Gasteiger partial charge in [-0.1, -0.05) is 18.2 Å². The second-order valence-corrected chi connectivity index (χ2v) is 5.96. The number of nitrogens with zero attached hydrogens (tertiary/aromatic N) is 1. The zero-order valence-corrected chi connectivity index (χ0v) is 14.6. The van der Waals surface area contributed by atoms with Gasteiger partial charge in [-0.15, -0.1) is 0 Å². The van der Waals surface area contributed by atoms with Crippen LogP contribution in [0.15, 0.2) is 40.2 Å². The first-order valence-electron chi connectivity index (χ1n) is 7.71. The summed E-state index contributed by atoms with van der Waals surface area (Å²) in [6.45, 7) is 0. The number of aromatic amines is 3. The number of aromatic hydroxyl groups is 1. The number of esters is 1. The molecule has 0 aliphatic heterocycles. The van der Waals surface area contributed by atoms with Crippen molar-refractivity contribution in [3.63, 3.8) is 0 Å². The van der Waals surface area contributed by atoms with Crippen LogP contribution < -0.4 is 5.56 Å². The SMILES string of the molecule is COC(=O)C(Cc1c[nH]c2ccccc12)N=Cc1c(O)[nH]c(=S)[nH]c1=O. The molecule has 2 aromatic heterocycles. The van der Waals surface area contributed by atoms with Crippen LogP contribution in [0.25, 0.3) is 10.9 Å². The number of rotatable bonds is 5. The average molecular weight is 372 g/mol. The van der Waals surface area contributed by atoms with E-state index in [0.717, 1.165) is 22.7 Å². The van der Waals surface area contributed by atoms with Crippen molar-refractivity contribution in [1.29, 1.82) is 0 Å². The van der Waals surface area contributed by atoms with Gasteiger partial charge in [-0.25, -0.2) is 4.79 Å². The number of aliphatic imine (C=N–C) groups is 1. The maximum Gasteiger partial charge on any atom is 0.330 e. The highest BCUT2D eigenvalue weighted by atomic mass is 32.1. The van der Waals surface area contributed by atoms with Crippen LogP contribution in [0.3, 0.4) is 0 Å². The molecule has 8 nitrogen and oxygen atoms in total. The summed E-state index contributed by atoms with van der Waals surface area (Å²) in [6, 6.07) is 6.81. The standard InChI is InChI=1S/C17H16N4O4S/c1-25-16(24)13(6-9-7-18-12-5-3-2-4-10(9)12)19-8-11-14(22)20-17(26)21-15(11)23/h2-5,7-8,13,18H,6H2,1H3,(H3,20,21,22,23,26). The number of benzene rings is 1. The summed E-state index contributed by atoms with van der Waals surface area (Å²) in [5.41, 5.74) is 1.11. The van der Waals surface area contributed by atoms with Crippen molar-refractivity contribution in [3.05, 3.63) is 56.7 Å². The highest BCUT2D eigenvalue weighted by molar-refractivity contribution is 7.71. The monoisotopic (exact) mass is 372 g/mol. The second-order valence-electron chi connectivity index (χ2n) is 5.55. The Bertz CT molecular complexity index is 1100. The van der Waals surface area contributed by atoms with Gasteiger partial charge >= 0.3 is 5.97 Å². The van der Waals surface area contributed by atoms with Crippen LogP contribution in [0.2, 0.25) is 0 Å². The molecular formula is C17H16N4O4S. The molecule has 0 fully saturated rings. The third kappa shape index (κ3) is 3.57. The van der Waals surface area contributed by atoms with Gasteiger partial charge in [-0.3, -0.25) is 14.8 Å². The molecule has 26 heavy (non-hydrogen) atoms. The fourth-order valence-corrected chi connectivity index (χ4v) is 2.80. The number of methoxy groups -OCH3 is 1. The van der Waals surface area contributed by atoms with E-state index in [-0.39, 0.29) is 16.8 Å². The molecule has 0 aliphatic carbocycles. The van der Waals surface area contributed by atoms with Gasteiger partial charge < -0.3 is 19.8 Å². The van der Waals surface area contributed by atoms with Crippen molar-refractivity contribution < 1.29 is 14.6 Å². The second kappa shape index (κ2) is 7.36. The molecule has 0 saturated carbocycles. The van der Waals surface area contributed by atoms with Crippen LogP contribution in [0.5, 0.6) is 5.88 Å². The minimum Gasteiger partial charge on any atom is -0.494 e. The number of carbonyl (C=O) groups is 1. The summed E-state index contributed by atoms with van der Waals surface area (Å²) in [6.07, 6.45) is 3.21. The number of para-hydroxylation sites is 1. The van der Waals surface area contributed by atoms with Crippen LogP contribution in [0.1, 0.15) is 11.1 Å². The van der Waals surface area contributed by atoms with E-state index < -0.39 is 23.5 Å². The van der Waals surface area contributed by atoms with Crippen molar-refractivity contribution in [2.75, 3.05) is 7.11 Å². The smallest absolute Gasteiger partial charge is 0.330 e. The molecule has 3 aromatic rings.